The minimum absolute atomic E-state index is 0.0181. The van der Waals surface area contributed by atoms with Crippen LogP contribution in [0.1, 0.15) is 26.7 Å². The van der Waals surface area contributed by atoms with Gasteiger partial charge >= 0.3 is 0 Å². The van der Waals surface area contributed by atoms with Crippen molar-refractivity contribution in [2.75, 3.05) is 5.32 Å². The van der Waals surface area contributed by atoms with Crippen LogP contribution in [0.4, 0.5) is 5.69 Å². The third kappa shape index (κ3) is 3.36. The first kappa shape index (κ1) is 14.5. The quantitative estimate of drug-likeness (QED) is 0.920. The third-order valence-electron chi connectivity index (χ3n) is 3.05. The Morgan fingerprint density at radius 1 is 1.50 bits per heavy atom. The van der Waals surface area contributed by atoms with Crippen molar-refractivity contribution in [1.29, 1.82) is 0 Å². The van der Waals surface area contributed by atoms with Gasteiger partial charge < -0.3 is 5.32 Å². The normalized spacial score (nSPS) is 12.2. The summed E-state index contributed by atoms with van der Waals surface area (Å²) < 4.78 is 1.59. The number of nitrogens with one attached hydrogen (secondary N) is 1. The standard InChI is InChI=1S/C14H17ClN4O/c1-3-4-10(2)14(20)18-12-7-11(15)5-6-13(12)19-9-16-8-17-19/h5-10H,3-4H2,1-2H3,(H,18,20). The molecule has 0 saturated carbocycles. The Morgan fingerprint density at radius 3 is 2.95 bits per heavy atom. The van der Waals surface area contributed by atoms with E-state index in [1.165, 1.54) is 6.33 Å². The van der Waals surface area contributed by atoms with E-state index in [1.807, 2.05) is 6.92 Å². The SMILES string of the molecule is CCCC(C)C(=O)Nc1cc(Cl)ccc1-n1cncn1. The smallest absolute Gasteiger partial charge is 0.227 e. The molecule has 1 aromatic heterocycles. The maximum Gasteiger partial charge on any atom is 0.227 e. The second kappa shape index (κ2) is 6.52. The Kier molecular flexibility index (Phi) is 4.74. The summed E-state index contributed by atoms with van der Waals surface area (Å²) in [7, 11) is 0. The Balaban J connectivity index is 2.26. The number of nitrogens with zero attached hydrogens (tertiary/aromatic N) is 3. The fourth-order valence-corrected chi connectivity index (χ4v) is 2.13. The highest BCUT2D eigenvalue weighted by Crippen LogP contribution is 2.24. The fraction of sp³-hybridized carbons (Fsp3) is 0.357. The van der Waals surface area contributed by atoms with Gasteiger partial charge in [-0.1, -0.05) is 31.9 Å². The van der Waals surface area contributed by atoms with Gasteiger partial charge in [-0.05, 0) is 24.6 Å². The summed E-state index contributed by atoms with van der Waals surface area (Å²) in [4.78, 5) is 16.0. The Bertz CT molecular complexity index is 583. The van der Waals surface area contributed by atoms with Gasteiger partial charge in [0.2, 0.25) is 5.91 Å². The van der Waals surface area contributed by atoms with Crippen molar-refractivity contribution in [2.45, 2.75) is 26.7 Å². The Morgan fingerprint density at radius 2 is 2.30 bits per heavy atom. The lowest BCUT2D eigenvalue weighted by atomic mass is 10.1. The largest absolute Gasteiger partial charge is 0.324 e. The molecule has 1 aromatic carbocycles. The van der Waals surface area contributed by atoms with Crippen molar-refractivity contribution in [3.63, 3.8) is 0 Å². The highest BCUT2D eigenvalue weighted by molar-refractivity contribution is 6.31. The molecule has 2 rings (SSSR count). The first-order valence-electron chi connectivity index (χ1n) is 6.57. The molecule has 0 radical (unpaired) electrons. The molecule has 1 heterocycles. The van der Waals surface area contributed by atoms with Crippen LogP contribution in [0.2, 0.25) is 5.02 Å². The summed E-state index contributed by atoms with van der Waals surface area (Å²) in [5, 5.41) is 7.55. The van der Waals surface area contributed by atoms with E-state index in [0.717, 1.165) is 18.5 Å². The maximum atomic E-state index is 12.1. The van der Waals surface area contributed by atoms with Gasteiger partial charge in [-0.3, -0.25) is 4.79 Å². The second-order valence-corrected chi connectivity index (χ2v) is 5.12. The summed E-state index contributed by atoms with van der Waals surface area (Å²) in [6.07, 6.45) is 4.85. The fourth-order valence-electron chi connectivity index (χ4n) is 1.96. The van der Waals surface area contributed by atoms with Gasteiger partial charge in [0.05, 0.1) is 11.4 Å². The molecule has 0 bridgehead atoms. The number of benzene rings is 1. The van der Waals surface area contributed by atoms with Gasteiger partial charge in [0.25, 0.3) is 0 Å². The first-order valence-corrected chi connectivity index (χ1v) is 6.95. The molecule has 0 spiro atoms. The molecule has 1 amide bonds. The van der Waals surface area contributed by atoms with Gasteiger partial charge in [-0.15, -0.1) is 0 Å². The van der Waals surface area contributed by atoms with E-state index in [2.05, 4.69) is 22.3 Å². The summed E-state index contributed by atoms with van der Waals surface area (Å²) >= 11 is 6.01. The van der Waals surface area contributed by atoms with Gasteiger partial charge in [0.15, 0.2) is 0 Å². The third-order valence-corrected chi connectivity index (χ3v) is 3.29. The number of amides is 1. The molecular formula is C14H17ClN4O. The van der Waals surface area contributed by atoms with Crippen molar-refractivity contribution in [3.8, 4) is 5.69 Å². The van der Waals surface area contributed by atoms with E-state index >= 15 is 0 Å². The van der Waals surface area contributed by atoms with Crippen LogP contribution in [0.3, 0.4) is 0 Å². The lowest BCUT2D eigenvalue weighted by Crippen LogP contribution is -2.21. The molecule has 0 aliphatic carbocycles. The number of carbonyl (C=O) groups is 1. The molecule has 1 atom stereocenters. The van der Waals surface area contributed by atoms with Crippen molar-refractivity contribution in [1.82, 2.24) is 14.8 Å². The van der Waals surface area contributed by atoms with Crippen LogP contribution in [-0.4, -0.2) is 20.7 Å². The predicted molar refractivity (Wildman–Crippen MR) is 79.1 cm³/mol. The molecule has 20 heavy (non-hydrogen) atoms. The van der Waals surface area contributed by atoms with Crippen LogP contribution in [-0.2, 0) is 4.79 Å². The van der Waals surface area contributed by atoms with E-state index in [4.69, 9.17) is 11.6 Å². The highest BCUT2D eigenvalue weighted by atomic mass is 35.5. The zero-order valence-corrected chi connectivity index (χ0v) is 12.3. The molecule has 6 heteroatoms. The summed E-state index contributed by atoms with van der Waals surface area (Å²) in [6.45, 7) is 3.97. The summed E-state index contributed by atoms with van der Waals surface area (Å²) in [5.74, 6) is -0.0574. The van der Waals surface area contributed by atoms with E-state index < -0.39 is 0 Å². The zero-order chi connectivity index (χ0) is 14.5. The van der Waals surface area contributed by atoms with Crippen molar-refractivity contribution in [2.24, 2.45) is 5.92 Å². The molecule has 106 valence electrons. The summed E-state index contributed by atoms with van der Waals surface area (Å²) in [5.41, 5.74) is 1.37. The summed E-state index contributed by atoms with van der Waals surface area (Å²) in [6, 6.07) is 5.27. The molecule has 1 unspecified atom stereocenters. The van der Waals surface area contributed by atoms with Gasteiger partial charge in [-0.2, -0.15) is 5.10 Å². The topological polar surface area (TPSA) is 59.8 Å². The zero-order valence-electron chi connectivity index (χ0n) is 11.5. The van der Waals surface area contributed by atoms with E-state index in [-0.39, 0.29) is 11.8 Å². The van der Waals surface area contributed by atoms with Gasteiger partial charge in [-0.25, -0.2) is 9.67 Å². The van der Waals surface area contributed by atoms with E-state index in [1.54, 1.807) is 29.2 Å². The molecule has 0 saturated heterocycles. The maximum absolute atomic E-state index is 12.1. The number of rotatable bonds is 5. The molecule has 0 aliphatic heterocycles. The van der Waals surface area contributed by atoms with Crippen molar-refractivity contribution < 1.29 is 4.79 Å². The Hall–Kier alpha value is -1.88. The molecule has 5 nitrogen and oxygen atoms in total. The van der Waals surface area contributed by atoms with Gasteiger partial charge in [0, 0.05) is 10.9 Å². The van der Waals surface area contributed by atoms with Crippen LogP contribution < -0.4 is 5.32 Å². The minimum Gasteiger partial charge on any atom is -0.324 e. The number of halogens is 1. The van der Waals surface area contributed by atoms with E-state index in [9.17, 15) is 4.79 Å². The van der Waals surface area contributed by atoms with Crippen LogP contribution in [0, 0.1) is 5.92 Å². The van der Waals surface area contributed by atoms with E-state index in [0.29, 0.717) is 10.7 Å². The number of aromatic nitrogens is 3. The lowest BCUT2D eigenvalue weighted by Gasteiger charge is -2.14. The average Bonchev–Trinajstić information content (AvgIpc) is 2.93. The molecule has 1 N–H and O–H groups in total. The number of carbonyl (C=O) groups excluding carboxylic acids is 1. The van der Waals surface area contributed by atoms with Crippen molar-refractivity contribution >= 4 is 23.2 Å². The number of hydrogen-bond acceptors (Lipinski definition) is 3. The lowest BCUT2D eigenvalue weighted by molar-refractivity contribution is -0.119. The predicted octanol–water partition coefficient (Wildman–Crippen LogP) is 3.30. The molecular weight excluding hydrogens is 276 g/mol. The van der Waals surface area contributed by atoms with Gasteiger partial charge in [0.1, 0.15) is 12.7 Å². The second-order valence-electron chi connectivity index (χ2n) is 4.68. The van der Waals surface area contributed by atoms with Crippen LogP contribution in [0.25, 0.3) is 5.69 Å². The monoisotopic (exact) mass is 292 g/mol. The van der Waals surface area contributed by atoms with Crippen LogP contribution in [0.15, 0.2) is 30.9 Å². The first-order chi connectivity index (χ1) is 9.61. The Labute approximate surface area is 123 Å². The number of hydrogen-bond donors (Lipinski definition) is 1. The average molecular weight is 293 g/mol. The molecule has 0 fully saturated rings. The van der Waals surface area contributed by atoms with Crippen LogP contribution >= 0.6 is 11.6 Å². The molecule has 0 aliphatic rings. The number of anilines is 1. The van der Waals surface area contributed by atoms with Crippen LogP contribution in [0.5, 0.6) is 0 Å². The minimum atomic E-state index is -0.0393. The molecule has 2 aromatic rings. The van der Waals surface area contributed by atoms with Crippen molar-refractivity contribution in [3.05, 3.63) is 35.9 Å². The highest BCUT2D eigenvalue weighted by Gasteiger charge is 2.15.